The van der Waals surface area contributed by atoms with Gasteiger partial charge in [-0.25, -0.2) is 13.6 Å². The van der Waals surface area contributed by atoms with Gasteiger partial charge >= 0.3 is 0 Å². The van der Waals surface area contributed by atoms with Gasteiger partial charge in [0.25, 0.3) is 5.91 Å². The van der Waals surface area contributed by atoms with Crippen molar-refractivity contribution in [3.05, 3.63) is 50.8 Å². The van der Waals surface area contributed by atoms with Crippen LogP contribution < -0.4 is 10.5 Å². The third-order valence-electron chi connectivity index (χ3n) is 2.53. The van der Waals surface area contributed by atoms with Crippen LogP contribution in [0.1, 0.15) is 15.2 Å². The summed E-state index contributed by atoms with van der Waals surface area (Å²) in [6, 6.07) is 7.74. The number of sulfonamides is 1. The zero-order valence-corrected chi connectivity index (χ0v) is 13.6. The molecule has 0 aliphatic heterocycles. The van der Waals surface area contributed by atoms with Crippen LogP contribution in [0.5, 0.6) is 0 Å². The molecule has 0 saturated heterocycles. The Balaban J connectivity index is 2.10. The molecule has 1 aromatic heterocycles. The number of hydrogen-bond donors (Lipinski definition) is 2. The predicted octanol–water partition coefficient (Wildman–Crippen LogP) is 2.63. The van der Waals surface area contributed by atoms with Crippen molar-refractivity contribution in [1.82, 2.24) is 5.32 Å². The van der Waals surface area contributed by atoms with Gasteiger partial charge in [0.1, 0.15) is 4.21 Å². The van der Waals surface area contributed by atoms with Crippen LogP contribution in [0.25, 0.3) is 0 Å². The largest absolute Gasteiger partial charge is 0.347 e. The molecule has 0 saturated carbocycles. The fourth-order valence-corrected chi connectivity index (χ4v) is 3.86. The highest BCUT2D eigenvalue weighted by Crippen LogP contribution is 2.24. The minimum absolute atomic E-state index is 0.0440. The summed E-state index contributed by atoms with van der Waals surface area (Å²) >= 11 is 12.9. The first-order chi connectivity index (χ1) is 9.79. The van der Waals surface area contributed by atoms with Gasteiger partial charge in [0, 0.05) is 4.88 Å². The summed E-state index contributed by atoms with van der Waals surface area (Å²) in [6.45, 7) is 0.153. The molecule has 5 nitrogen and oxygen atoms in total. The molecule has 0 atom stereocenters. The van der Waals surface area contributed by atoms with E-state index in [1.165, 1.54) is 6.07 Å². The van der Waals surface area contributed by atoms with E-state index < -0.39 is 15.9 Å². The molecule has 0 bridgehead atoms. The van der Waals surface area contributed by atoms with Crippen molar-refractivity contribution in [3.8, 4) is 0 Å². The Labute approximate surface area is 135 Å². The lowest BCUT2D eigenvalue weighted by Crippen LogP contribution is -2.23. The number of thiophene rings is 1. The summed E-state index contributed by atoms with van der Waals surface area (Å²) in [5.74, 6) is -0.434. The molecule has 2 aromatic rings. The predicted molar refractivity (Wildman–Crippen MR) is 83.3 cm³/mol. The van der Waals surface area contributed by atoms with Crippen molar-refractivity contribution in [3.63, 3.8) is 0 Å². The number of nitrogens with two attached hydrogens (primary N) is 1. The fraction of sp³-hybridized carbons (Fsp3) is 0.0833. The van der Waals surface area contributed by atoms with Gasteiger partial charge in [-0.1, -0.05) is 29.3 Å². The third-order valence-corrected chi connectivity index (χ3v) is 5.68. The minimum atomic E-state index is -3.72. The summed E-state index contributed by atoms with van der Waals surface area (Å²) in [6.07, 6.45) is 0. The molecule has 1 aromatic carbocycles. The van der Waals surface area contributed by atoms with Crippen molar-refractivity contribution < 1.29 is 13.2 Å². The summed E-state index contributed by atoms with van der Waals surface area (Å²) < 4.78 is 22.4. The number of carbonyl (C=O) groups is 1. The van der Waals surface area contributed by atoms with Gasteiger partial charge in [-0.15, -0.1) is 11.3 Å². The smallest absolute Gasteiger partial charge is 0.254 e. The first kappa shape index (κ1) is 16.3. The van der Waals surface area contributed by atoms with Crippen molar-refractivity contribution in [2.75, 3.05) is 0 Å². The third kappa shape index (κ3) is 3.96. The van der Waals surface area contributed by atoms with E-state index in [1.54, 1.807) is 24.3 Å². The SMILES string of the molecule is NS(=O)(=O)c1ccc(CNC(=O)c2c(Cl)cccc2Cl)s1. The Morgan fingerprint density at radius 1 is 1.19 bits per heavy atom. The Bertz CT molecular complexity index is 767. The molecule has 112 valence electrons. The standard InChI is InChI=1S/C12H10Cl2N2O3S2/c13-8-2-1-3-9(14)11(8)12(17)16-6-7-4-5-10(20-7)21(15,18)19/h1-5H,6H2,(H,16,17)(H2,15,18,19). The molecule has 1 heterocycles. The maximum Gasteiger partial charge on any atom is 0.254 e. The monoisotopic (exact) mass is 364 g/mol. The van der Waals surface area contributed by atoms with Crippen LogP contribution in [-0.2, 0) is 16.6 Å². The highest BCUT2D eigenvalue weighted by Gasteiger charge is 2.15. The molecule has 0 fully saturated rings. The van der Waals surface area contributed by atoms with Crippen LogP contribution in [0.4, 0.5) is 0 Å². The van der Waals surface area contributed by atoms with E-state index in [9.17, 15) is 13.2 Å². The molecule has 21 heavy (non-hydrogen) atoms. The maximum atomic E-state index is 12.0. The van der Waals surface area contributed by atoms with Crippen LogP contribution in [-0.4, -0.2) is 14.3 Å². The number of nitrogens with one attached hydrogen (secondary N) is 1. The van der Waals surface area contributed by atoms with Gasteiger partial charge in [-0.05, 0) is 24.3 Å². The molecular formula is C12H10Cl2N2O3S2. The minimum Gasteiger partial charge on any atom is -0.347 e. The van der Waals surface area contributed by atoms with Gasteiger partial charge < -0.3 is 5.32 Å². The van der Waals surface area contributed by atoms with Crippen LogP contribution in [0.3, 0.4) is 0 Å². The first-order valence-electron chi connectivity index (χ1n) is 5.63. The van der Waals surface area contributed by atoms with Crippen LogP contribution in [0, 0.1) is 0 Å². The number of halogens is 2. The molecule has 0 spiro atoms. The lowest BCUT2D eigenvalue weighted by atomic mass is 10.2. The van der Waals surface area contributed by atoms with Gasteiger partial charge in [-0.2, -0.15) is 0 Å². The highest BCUT2D eigenvalue weighted by molar-refractivity contribution is 7.91. The summed E-state index contributed by atoms with van der Waals surface area (Å²) in [5.41, 5.74) is 0.184. The molecular weight excluding hydrogens is 355 g/mol. The zero-order chi connectivity index (χ0) is 15.6. The van der Waals surface area contributed by atoms with E-state index in [2.05, 4.69) is 5.32 Å². The topological polar surface area (TPSA) is 89.3 Å². The average molecular weight is 365 g/mol. The number of hydrogen-bond acceptors (Lipinski definition) is 4. The zero-order valence-electron chi connectivity index (χ0n) is 10.5. The van der Waals surface area contributed by atoms with Gasteiger partial charge in [0.2, 0.25) is 10.0 Å². The second-order valence-electron chi connectivity index (χ2n) is 4.05. The van der Waals surface area contributed by atoms with Gasteiger partial charge in [-0.3, -0.25) is 4.79 Å². The summed E-state index contributed by atoms with van der Waals surface area (Å²) in [5, 5.41) is 8.14. The molecule has 0 unspecified atom stereocenters. The second kappa shape index (κ2) is 6.33. The Morgan fingerprint density at radius 2 is 1.81 bits per heavy atom. The van der Waals surface area contributed by atoms with E-state index in [-0.39, 0.29) is 26.4 Å². The highest BCUT2D eigenvalue weighted by atomic mass is 35.5. The molecule has 3 N–H and O–H groups in total. The maximum absolute atomic E-state index is 12.0. The molecule has 1 amide bonds. The number of rotatable bonds is 4. The van der Waals surface area contributed by atoms with Crippen molar-refractivity contribution in [2.24, 2.45) is 5.14 Å². The van der Waals surface area contributed by atoms with Gasteiger partial charge in [0.05, 0.1) is 22.2 Å². The van der Waals surface area contributed by atoms with E-state index in [0.29, 0.717) is 4.88 Å². The van der Waals surface area contributed by atoms with Crippen molar-refractivity contribution >= 4 is 50.5 Å². The Morgan fingerprint density at radius 3 is 2.33 bits per heavy atom. The number of carbonyl (C=O) groups excluding carboxylic acids is 1. The molecule has 0 aliphatic rings. The average Bonchev–Trinajstić information content (AvgIpc) is 2.84. The number of benzene rings is 1. The Kier molecular flexibility index (Phi) is 4.90. The van der Waals surface area contributed by atoms with Gasteiger partial charge in [0.15, 0.2) is 0 Å². The lowest BCUT2D eigenvalue weighted by Gasteiger charge is -2.07. The number of primary sulfonamides is 1. The van der Waals surface area contributed by atoms with E-state index >= 15 is 0 Å². The molecule has 0 radical (unpaired) electrons. The fourth-order valence-electron chi connectivity index (χ4n) is 1.58. The van der Waals surface area contributed by atoms with Crippen LogP contribution >= 0.6 is 34.5 Å². The summed E-state index contributed by atoms with van der Waals surface area (Å²) in [7, 11) is -3.72. The lowest BCUT2D eigenvalue weighted by molar-refractivity contribution is 0.0951. The van der Waals surface area contributed by atoms with Crippen LogP contribution in [0.15, 0.2) is 34.5 Å². The normalized spacial score (nSPS) is 11.4. The van der Waals surface area contributed by atoms with Crippen molar-refractivity contribution in [1.29, 1.82) is 0 Å². The quantitative estimate of drug-likeness (QED) is 0.873. The van der Waals surface area contributed by atoms with Crippen LogP contribution in [0.2, 0.25) is 10.0 Å². The number of amides is 1. The summed E-state index contributed by atoms with van der Waals surface area (Å²) in [4.78, 5) is 12.7. The molecule has 0 aliphatic carbocycles. The van der Waals surface area contributed by atoms with E-state index in [1.807, 2.05) is 0 Å². The van der Waals surface area contributed by atoms with E-state index in [0.717, 1.165) is 11.3 Å². The molecule has 9 heteroatoms. The molecule has 2 rings (SSSR count). The Hall–Kier alpha value is -1.12. The van der Waals surface area contributed by atoms with Crippen molar-refractivity contribution in [2.45, 2.75) is 10.8 Å². The van der Waals surface area contributed by atoms with E-state index in [4.69, 9.17) is 28.3 Å². The second-order valence-corrected chi connectivity index (χ2v) is 7.82. The first-order valence-corrected chi connectivity index (χ1v) is 8.74.